The molecule has 3 aromatic heterocycles. The van der Waals surface area contributed by atoms with Crippen LogP contribution in [0.5, 0.6) is 0 Å². The van der Waals surface area contributed by atoms with Crippen molar-refractivity contribution in [3.05, 3.63) is 52.4 Å². The summed E-state index contributed by atoms with van der Waals surface area (Å²) >= 11 is 0. The predicted octanol–water partition coefficient (Wildman–Crippen LogP) is 1.18. The van der Waals surface area contributed by atoms with Gasteiger partial charge in [-0.1, -0.05) is 5.16 Å². The molecule has 1 aliphatic rings. The lowest BCUT2D eigenvalue weighted by molar-refractivity contribution is -0.133. The number of aromatic nitrogens is 6. The summed E-state index contributed by atoms with van der Waals surface area (Å²) in [6, 6.07) is 0. The molecule has 0 aliphatic carbocycles. The van der Waals surface area contributed by atoms with Crippen molar-refractivity contribution >= 4 is 5.91 Å². The molecule has 0 bridgehead atoms. The number of carbonyl (C=O) groups excluding carboxylic acids is 1. The number of likely N-dealkylation sites (tertiary alicyclic amines) is 1. The zero-order valence-electron chi connectivity index (χ0n) is 17.0. The molecule has 10 nitrogen and oxygen atoms in total. The fourth-order valence-corrected chi connectivity index (χ4v) is 3.60. The summed E-state index contributed by atoms with van der Waals surface area (Å²) < 4.78 is 6.74. The van der Waals surface area contributed by atoms with Crippen LogP contribution in [0.4, 0.5) is 0 Å². The smallest absolute Gasteiger partial charge is 0.256 e. The van der Waals surface area contributed by atoms with Crippen LogP contribution in [0, 0.1) is 19.8 Å². The van der Waals surface area contributed by atoms with Gasteiger partial charge in [0.25, 0.3) is 5.56 Å². The third-order valence-corrected chi connectivity index (χ3v) is 5.42. The minimum atomic E-state index is -0.174. The normalized spacial score (nSPS) is 16.6. The Bertz CT molecular complexity index is 1090. The molecule has 1 amide bonds. The number of aryl methyl sites for hydroxylation is 1. The molecule has 1 fully saturated rings. The molecule has 3 aromatic rings. The molecule has 0 spiro atoms. The lowest BCUT2D eigenvalue weighted by Gasteiger charge is -2.32. The molecular formula is C20H23N7O3. The van der Waals surface area contributed by atoms with Gasteiger partial charge in [-0.25, -0.2) is 9.97 Å². The van der Waals surface area contributed by atoms with E-state index in [1.54, 1.807) is 37.3 Å². The van der Waals surface area contributed by atoms with Crippen LogP contribution >= 0.6 is 0 Å². The SMILES string of the molecule is Cc1ncn(CC(=O)N2CCC[C@@H](Cc3nc(-c4cnccn4)no3)C2)c(=O)c1C. The minimum absolute atomic E-state index is 0.00292. The van der Waals surface area contributed by atoms with Crippen LogP contribution in [0.3, 0.4) is 0 Å². The number of piperidine rings is 1. The third-order valence-electron chi connectivity index (χ3n) is 5.42. The summed E-state index contributed by atoms with van der Waals surface area (Å²) in [5.41, 5.74) is 1.63. The van der Waals surface area contributed by atoms with Crippen LogP contribution < -0.4 is 5.56 Å². The van der Waals surface area contributed by atoms with Crippen molar-refractivity contribution in [3.8, 4) is 11.5 Å². The standard InChI is InChI=1S/C20H23N7O3/c1-13-14(2)23-12-27(20(13)29)11-18(28)26-7-3-4-15(10-26)8-17-24-19(25-30-17)16-9-21-5-6-22-16/h5-6,9,12,15H,3-4,7-8,10-11H2,1-2H3/t15-/m0/s1. The summed E-state index contributed by atoms with van der Waals surface area (Å²) in [5, 5.41) is 3.97. The first-order valence-corrected chi connectivity index (χ1v) is 9.90. The van der Waals surface area contributed by atoms with Gasteiger partial charge in [0.15, 0.2) is 0 Å². The highest BCUT2D eigenvalue weighted by Crippen LogP contribution is 2.21. The Morgan fingerprint density at radius 2 is 2.13 bits per heavy atom. The Kier molecular flexibility index (Phi) is 5.64. The predicted molar refractivity (Wildman–Crippen MR) is 106 cm³/mol. The molecule has 0 aromatic carbocycles. The van der Waals surface area contributed by atoms with Gasteiger partial charge in [0.1, 0.15) is 12.2 Å². The second kappa shape index (κ2) is 8.52. The molecule has 0 unspecified atom stereocenters. The second-order valence-electron chi connectivity index (χ2n) is 7.54. The molecule has 0 N–H and O–H groups in total. The monoisotopic (exact) mass is 409 g/mol. The van der Waals surface area contributed by atoms with Gasteiger partial charge in [0.05, 0.1) is 12.5 Å². The average molecular weight is 409 g/mol. The van der Waals surface area contributed by atoms with Crippen molar-refractivity contribution < 1.29 is 9.32 Å². The lowest BCUT2D eigenvalue weighted by Crippen LogP contribution is -2.43. The van der Waals surface area contributed by atoms with E-state index >= 15 is 0 Å². The van der Waals surface area contributed by atoms with Crippen LogP contribution in [0.1, 0.15) is 30.0 Å². The summed E-state index contributed by atoms with van der Waals surface area (Å²) in [6.07, 6.45) is 8.63. The third kappa shape index (κ3) is 4.27. The first-order valence-electron chi connectivity index (χ1n) is 9.90. The Balaban J connectivity index is 1.39. The van der Waals surface area contributed by atoms with Gasteiger partial charge < -0.3 is 9.42 Å². The van der Waals surface area contributed by atoms with Crippen molar-refractivity contribution in [1.29, 1.82) is 0 Å². The van der Waals surface area contributed by atoms with Gasteiger partial charge in [0.2, 0.25) is 17.6 Å². The molecule has 10 heteroatoms. The van der Waals surface area contributed by atoms with E-state index in [1.165, 1.54) is 10.9 Å². The zero-order valence-corrected chi connectivity index (χ0v) is 17.0. The Morgan fingerprint density at radius 1 is 1.27 bits per heavy atom. The molecule has 30 heavy (non-hydrogen) atoms. The number of hydrogen-bond acceptors (Lipinski definition) is 8. The van der Waals surface area contributed by atoms with Gasteiger partial charge >= 0.3 is 0 Å². The van der Waals surface area contributed by atoms with Gasteiger partial charge in [0, 0.05) is 43.2 Å². The summed E-state index contributed by atoms with van der Waals surface area (Å²) in [4.78, 5) is 43.7. The largest absolute Gasteiger partial charge is 0.341 e. The van der Waals surface area contributed by atoms with Gasteiger partial charge in [-0.15, -0.1) is 0 Å². The molecule has 4 rings (SSSR count). The summed E-state index contributed by atoms with van der Waals surface area (Å²) in [5.74, 6) is 1.05. The Labute approximate surface area is 173 Å². The molecule has 156 valence electrons. The zero-order chi connectivity index (χ0) is 21.1. The fraction of sp³-hybridized carbons (Fsp3) is 0.450. The Hall–Kier alpha value is -3.43. The highest BCUT2D eigenvalue weighted by Gasteiger charge is 2.26. The summed E-state index contributed by atoms with van der Waals surface area (Å²) in [7, 11) is 0. The van der Waals surface area contributed by atoms with Crippen LogP contribution in [0.2, 0.25) is 0 Å². The first kappa shape index (κ1) is 19.9. The Morgan fingerprint density at radius 3 is 2.93 bits per heavy atom. The van der Waals surface area contributed by atoms with E-state index in [4.69, 9.17) is 4.52 Å². The highest BCUT2D eigenvalue weighted by molar-refractivity contribution is 5.76. The van der Waals surface area contributed by atoms with Crippen molar-refractivity contribution in [2.75, 3.05) is 13.1 Å². The highest BCUT2D eigenvalue weighted by atomic mass is 16.5. The molecule has 1 atom stereocenters. The van der Waals surface area contributed by atoms with Crippen molar-refractivity contribution in [2.24, 2.45) is 5.92 Å². The number of amides is 1. The number of nitrogens with zero attached hydrogens (tertiary/aromatic N) is 7. The van der Waals surface area contributed by atoms with Crippen molar-refractivity contribution in [2.45, 2.75) is 39.7 Å². The van der Waals surface area contributed by atoms with Gasteiger partial charge in [-0.3, -0.25) is 19.1 Å². The van der Waals surface area contributed by atoms with Crippen LogP contribution in [0.25, 0.3) is 11.5 Å². The second-order valence-corrected chi connectivity index (χ2v) is 7.54. The first-order chi connectivity index (χ1) is 14.5. The number of hydrogen-bond donors (Lipinski definition) is 0. The molecule has 1 aliphatic heterocycles. The van der Waals surface area contributed by atoms with E-state index in [0.717, 1.165) is 12.8 Å². The topological polar surface area (TPSA) is 120 Å². The quantitative estimate of drug-likeness (QED) is 0.616. The maximum Gasteiger partial charge on any atom is 0.256 e. The average Bonchev–Trinajstić information content (AvgIpc) is 3.23. The van der Waals surface area contributed by atoms with E-state index in [0.29, 0.717) is 48.2 Å². The van der Waals surface area contributed by atoms with E-state index in [-0.39, 0.29) is 23.9 Å². The minimum Gasteiger partial charge on any atom is -0.341 e. The van der Waals surface area contributed by atoms with Crippen molar-refractivity contribution in [1.82, 2.24) is 34.6 Å². The van der Waals surface area contributed by atoms with Gasteiger partial charge in [-0.05, 0) is 32.6 Å². The van der Waals surface area contributed by atoms with Crippen LogP contribution in [-0.2, 0) is 17.8 Å². The lowest BCUT2D eigenvalue weighted by atomic mass is 9.94. The maximum atomic E-state index is 12.8. The van der Waals surface area contributed by atoms with Crippen molar-refractivity contribution in [3.63, 3.8) is 0 Å². The number of rotatable bonds is 5. The molecule has 4 heterocycles. The van der Waals surface area contributed by atoms with E-state index in [1.807, 2.05) is 0 Å². The van der Waals surface area contributed by atoms with Gasteiger partial charge in [-0.2, -0.15) is 4.98 Å². The molecule has 0 radical (unpaired) electrons. The number of carbonyl (C=O) groups is 1. The summed E-state index contributed by atoms with van der Waals surface area (Å²) in [6.45, 7) is 4.77. The fourth-order valence-electron chi connectivity index (χ4n) is 3.60. The molecule has 1 saturated heterocycles. The molecule has 0 saturated carbocycles. The van der Waals surface area contributed by atoms with E-state index < -0.39 is 0 Å². The van der Waals surface area contributed by atoms with E-state index in [2.05, 4.69) is 25.1 Å². The maximum absolute atomic E-state index is 12.8. The van der Waals surface area contributed by atoms with Crippen LogP contribution in [0.15, 0.2) is 34.2 Å². The van der Waals surface area contributed by atoms with Crippen LogP contribution in [-0.4, -0.2) is 53.6 Å². The molecular weight excluding hydrogens is 386 g/mol. The van der Waals surface area contributed by atoms with E-state index in [9.17, 15) is 9.59 Å².